The lowest BCUT2D eigenvalue weighted by Gasteiger charge is -2.36. The summed E-state index contributed by atoms with van der Waals surface area (Å²) in [5.74, 6) is 0. The number of carbonyl (C=O) groups is 1. The lowest BCUT2D eigenvalue weighted by atomic mass is 9.96. The second-order valence-electron chi connectivity index (χ2n) is 7.66. The minimum atomic E-state index is 0.130. The molecule has 2 aliphatic rings. The topological polar surface area (TPSA) is 53.4 Å². The highest BCUT2D eigenvalue weighted by Gasteiger charge is 2.23. The summed E-state index contributed by atoms with van der Waals surface area (Å²) in [7, 11) is 0. The van der Waals surface area contributed by atoms with E-state index in [1.54, 1.807) is 6.20 Å². The predicted molar refractivity (Wildman–Crippen MR) is 106 cm³/mol. The molecular formula is C21H29N5O. The molecule has 1 N–H and O–H groups in total. The van der Waals surface area contributed by atoms with E-state index in [0.29, 0.717) is 6.04 Å². The van der Waals surface area contributed by atoms with Crippen LogP contribution in [-0.2, 0) is 6.54 Å². The molecule has 2 amide bonds. The van der Waals surface area contributed by atoms with Gasteiger partial charge in [0.15, 0.2) is 0 Å². The summed E-state index contributed by atoms with van der Waals surface area (Å²) in [5.41, 5.74) is 2.37. The Balaban J connectivity index is 1.24. The molecule has 0 radical (unpaired) electrons. The van der Waals surface area contributed by atoms with Gasteiger partial charge in [0, 0.05) is 51.2 Å². The van der Waals surface area contributed by atoms with Crippen molar-refractivity contribution < 1.29 is 4.79 Å². The van der Waals surface area contributed by atoms with Crippen LogP contribution in [0.4, 0.5) is 4.79 Å². The molecule has 1 saturated heterocycles. The Morgan fingerprint density at radius 3 is 2.44 bits per heavy atom. The molecule has 0 atom stereocenters. The Morgan fingerprint density at radius 2 is 1.78 bits per heavy atom. The Kier molecular flexibility index (Phi) is 5.72. The van der Waals surface area contributed by atoms with Gasteiger partial charge in [-0.05, 0) is 36.6 Å². The maximum Gasteiger partial charge on any atom is 0.317 e. The molecule has 0 spiro atoms. The van der Waals surface area contributed by atoms with Crippen molar-refractivity contribution in [2.75, 3.05) is 26.2 Å². The molecule has 2 fully saturated rings. The molecule has 27 heavy (non-hydrogen) atoms. The van der Waals surface area contributed by atoms with Crippen molar-refractivity contribution in [3.05, 3.63) is 48.3 Å². The SMILES string of the molecule is O=C(NC1CCCCC1)N1CCN(Cc2ccc(-n3cccn3)cc2)CC1. The number of rotatable bonds is 4. The van der Waals surface area contributed by atoms with Gasteiger partial charge in [-0.2, -0.15) is 5.10 Å². The quantitative estimate of drug-likeness (QED) is 0.904. The van der Waals surface area contributed by atoms with Crippen LogP contribution >= 0.6 is 0 Å². The van der Waals surface area contributed by atoms with E-state index in [2.05, 4.69) is 39.6 Å². The number of amides is 2. The number of benzene rings is 1. The van der Waals surface area contributed by atoms with E-state index in [0.717, 1.165) is 51.3 Å². The first-order valence-electron chi connectivity index (χ1n) is 10.1. The fourth-order valence-electron chi connectivity index (χ4n) is 4.06. The first-order valence-corrected chi connectivity index (χ1v) is 10.1. The molecule has 2 heterocycles. The van der Waals surface area contributed by atoms with Crippen LogP contribution < -0.4 is 5.32 Å². The summed E-state index contributed by atoms with van der Waals surface area (Å²) in [4.78, 5) is 16.9. The molecule has 1 aromatic heterocycles. The zero-order chi connectivity index (χ0) is 18.5. The number of aromatic nitrogens is 2. The van der Waals surface area contributed by atoms with E-state index in [-0.39, 0.29) is 6.03 Å². The highest BCUT2D eigenvalue weighted by atomic mass is 16.2. The molecule has 4 rings (SSSR count). The fraction of sp³-hybridized carbons (Fsp3) is 0.524. The molecule has 6 nitrogen and oxygen atoms in total. The standard InChI is InChI=1S/C21H29N5O/c27-21(23-19-5-2-1-3-6-19)25-15-13-24(14-16-25)17-18-7-9-20(10-8-18)26-12-4-11-22-26/h4,7-12,19H,1-3,5-6,13-17H2,(H,23,27). The summed E-state index contributed by atoms with van der Waals surface area (Å²) in [6, 6.07) is 11.0. The Bertz CT molecular complexity index is 714. The van der Waals surface area contributed by atoms with Gasteiger partial charge in [-0.3, -0.25) is 4.90 Å². The van der Waals surface area contributed by atoms with E-state index in [9.17, 15) is 4.79 Å². The number of carbonyl (C=O) groups excluding carboxylic acids is 1. The van der Waals surface area contributed by atoms with Gasteiger partial charge in [0.2, 0.25) is 0 Å². The van der Waals surface area contributed by atoms with Gasteiger partial charge in [0.05, 0.1) is 5.69 Å². The minimum Gasteiger partial charge on any atom is -0.335 e. The Hall–Kier alpha value is -2.34. The minimum absolute atomic E-state index is 0.130. The molecule has 1 aliphatic carbocycles. The van der Waals surface area contributed by atoms with Crippen molar-refractivity contribution in [1.82, 2.24) is 24.9 Å². The average Bonchev–Trinajstić information content (AvgIpc) is 3.25. The van der Waals surface area contributed by atoms with Crippen molar-refractivity contribution >= 4 is 6.03 Å². The molecule has 1 aromatic carbocycles. The van der Waals surface area contributed by atoms with E-state index in [1.165, 1.54) is 24.8 Å². The molecule has 1 saturated carbocycles. The van der Waals surface area contributed by atoms with Crippen LogP contribution in [0.2, 0.25) is 0 Å². The summed E-state index contributed by atoms with van der Waals surface area (Å²) in [6.45, 7) is 4.41. The molecule has 0 bridgehead atoms. The average molecular weight is 367 g/mol. The van der Waals surface area contributed by atoms with Gasteiger partial charge in [0.25, 0.3) is 0 Å². The normalized spacial score (nSPS) is 19.2. The number of hydrogen-bond donors (Lipinski definition) is 1. The molecule has 1 aliphatic heterocycles. The van der Waals surface area contributed by atoms with Gasteiger partial charge in [-0.15, -0.1) is 0 Å². The van der Waals surface area contributed by atoms with Crippen molar-refractivity contribution in [2.45, 2.75) is 44.7 Å². The third kappa shape index (κ3) is 4.69. The van der Waals surface area contributed by atoms with Gasteiger partial charge in [0.1, 0.15) is 0 Å². The van der Waals surface area contributed by atoms with Crippen LogP contribution in [0.25, 0.3) is 5.69 Å². The van der Waals surface area contributed by atoms with Crippen molar-refractivity contribution in [3.63, 3.8) is 0 Å². The Morgan fingerprint density at radius 1 is 1.04 bits per heavy atom. The largest absolute Gasteiger partial charge is 0.335 e. The van der Waals surface area contributed by atoms with E-state index < -0.39 is 0 Å². The molecular weight excluding hydrogens is 338 g/mol. The predicted octanol–water partition coefficient (Wildman–Crippen LogP) is 3.03. The highest BCUT2D eigenvalue weighted by Crippen LogP contribution is 2.18. The number of hydrogen-bond acceptors (Lipinski definition) is 3. The number of nitrogens with one attached hydrogen (secondary N) is 1. The van der Waals surface area contributed by atoms with E-state index >= 15 is 0 Å². The van der Waals surface area contributed by atoms with Gasteiger partial charge in [-0.25, -0.2) is 9.48 Å². The Labute approximate surface area is 161 Å². The van der Waals surface area contributed by atoms with Crippen LogP contribution in [0.5, 0.6) is 0 Å². The second-order valence-corrected chi connectivity index (χ2v) is 7.66. The second kappa shape index (κ2) is 8.57. The van der Waals surface area contributed by atoms with E-state index in [4.69, 9.17) is 0 Å². The zero-order valence-corrected chi connectivity index (χ0v) is 15.9. The lowest BCUT2D eigenvalue weighted by molar-refractivity contribution is 0.132. The van der Waals surface area contributed by atoms with Crippen LogP contribution in [0.1, 0.15) is 37.7 Å². The summed E-state index contributed by atoms with van der Waals surface area (Å²) >= 11 is 0. The van der Waals surface area contributed by atoms with Crippen molar-refractivity contribution in [2.24, 2.45) is 0 Å². The smallest absolute Gasteiger partial charge is 0.317 e. The first kappa shape index (κ1) is 18.0. The summed E-state index contributed by atoms with van der Waals surface area (Å²) < 4.78 is 1.87. The highest BCUT2D eigenvalue weighted by molar-refractivity contribution is 5.74. The summed E-state index contributed by atoms with van der Waals surface area (Å²) in [6.07, 6.45) is 9.83. The maximum absolute atomic E-state index is 12.5. The van der Waals surface area contributed by atoms with Gasteiger partial charge in [-0.1, -0.05) is 31.4 Å². The van der Waals surface area contributed by atoms with Crippen molar-refractivity contribution in [1.29, 1.82) is 0 Å². The fourth-order valence-corrected chi connectivity index (χ4v) is 4.06. The monoisotopic (exact) mass is 367 g/mol. The van der Waals surface area contributed by atoms with Crippen LogP contribution in [0, 0.1) is 0 Å². The van der Waals surface area contributed by atoms with Gasteiger partial charge >= 0.3 is 6.03 Å². The maximum atomic E-state index is 12.5. The van der Waals surface area contributed by atoms with Crippen LogP contribution in [0.15, 0.2) is 42.7 Å². The van der Waals surface area contributed by atoms with Gasteiger partial charge < -0.3 is 10.2 Å². The third-order valence-corrected chi connectivity index (χ3v) is 5.70. The number of nitrogens with zero attached hydrogens (tertiary/aromatic N) is 4. The molecule has 144 valence electrons. The number of piperazine rings is 1. The van der Waals surface area contributed by atoms with Crippen LogP contribution in [-0.4, -0.2) is 57.8 Å². The lowest BCUT2D eigenvalue weighted by Crippen LogP contribution is -2.53. The van der Waals surface area contributed by atoms with Crippen molar-refractivity contribution in [3.8, 4) is 5.69 Å². The third-order valence-electron chi connectivity index (χ3n) is 5.70. The first-order chi connectivity index (χ1) is 13.3. The summed E-state index contributed by atoms with van der Waals surface area (Å²) in [5, 5.41) is 7.49. The molecule has 2 aromatic rings. The zero-order valence-electron chi connectivity index (χ0n) is 15.9. The number of urea groups is 1. The molecule has 6 heteroatoms. The van der Waals surface area contributed by atoms with Crippen LogP contribution in [0.3, 0.4) is 0 Å². The molecule has 0 unspecified atom stereocenters. The van der Waals surface area contributed by atoms with E-state index in [1.807, 2.05) is 21.8 Å².